The average Bonchev–Trinajstić information content (AvgIpc) is 2.93. The maximum atomic E-state index is 9.23. The van der Waals surface area contributed by atoms with Gasteiger partial charge in [0.2, 0.25) is 0 Å². The fourth-order valence-electron chi connectivity index (χ4n) is 4.12. The third-order valence-corrected chi connectivity index (χ3v) is 6.35. The zero-order valence-corrected chi connectivity index (χ0v) is 25.0. The molecule has 39 heavy (non-hydrogen) atoms. The highest BCUT2D eigenvalue weighted by Crippen LogP contribution is 1.99. The zero-order valence-electron chi connectivity index (χ0n) is 25.0. The lowest BCUT2D eigenvalue weighted by atomic mass is 10.3. The first-order valence-electron chi connectivity index (χ1n) is 14.9. The smallest absolute Gasteiger partial charge is 0.0701 e. The predicted molar refractivity (Wildman–Crippen MR) is 159 cm³/mol. The van der Waals surface area contributed by atoms with Gasteiger partial charge in [-0.2, -0.15) is 0 Å². The van der Waals surface area contributed by atoms with Crippen molar-refractivity contribution in [1.82, 2.24) is 19.6 Å². The molecule has 0 heterocycles. The second-order valence-corrected chi connectivity index (χ2v) is 9.52. The Kier molecular flexibility index (Phi) is 29.3. The summed E-state index contributed by atoms with van der Waals surface area (Å²) in [5.74, 6) is 0. The topological polar surface area (TPSA) is 112 Å². The van der Waals surface area contributed by atoms with Gasteiger partial charge in [0, 0.05) is 65.4 Å². The van der Waals surface area contributed by atoms with Crippen molar-refractivity contribution in [3.05, 3.63) is 24.3 Å². The van der Waals surface area contributed by atoms with Gasteiger partial charge >= 0.3 is 0 Å². The highest BCUT2D eigenvalue weighted by Gasteiger charge is 2.09. The van der Waals surface area contributed by atoms with Crippen molar-refractivity contribution in [3.63, 3.8) is 0 Å². The van der Waals surface area contributed by atoms with E-state index in [0.717, 1.165) is 71.6 Å². The molecule has 0 fully saturated rings. The van der Waals surface area contributed by atoms with Gasteiger partial charge in [0.15, 0.2) is 0 Å². The van der Waals surface area contributed by atoms with E-state index in [2.05, 4.69) is 57.8 Å². The Morgan fingerprint density at radius 1 is 0.436 bits per heavy atom. The SMILES string of the molecule is CCC=CCN(CCCN(CCO)CCO)CCOCCOCCN(CC=CCC)CCN(CCO)CCO. The summed E-state index contributed by atoms with van der Waals surface area (Å²) in [4.78, 5) is 8.88. The highest BCUT2D eigenvalue weighted by molar-refractivity contribution is 4.85. The molecular weight excluding hydrogens is 500 g/mol. The number of aliphatic hydroxyl groups is 4. The fraction of sp³-hybridized carbons (Fsp3) is 0.862. The number of aliphatic hydroxyl groups excluding tert-OH is 4. The van der Waals surface area contributed by atoms with E-state index in [4.69, 9.17) is 9.47 Å². The molecule has 10 nitrogen and oxygen atoms in total. The van der Waals surface area contributed by atoms with E-state index in [1.54, 1.807) is 0 Å². The molecule has 0 unspecified atom stereocenters. The first-order valence-corrected chi connectivity index (χ1v) is 14.9. The molecule has 0 aliphatic carbocycles. The van der Waals surface area contributed by atoms with Crippen molar-refractivity contribution in [2.45, 2.75) is 33.1 Å². The summed E-state index contributed by atoms with van der Waals surface area (Å²) in [5, 5.41) is 36.9. The fourth-order valence-corrected chi connectivity index (χ4v) is 4.12. The molecule has 0 aromatic heterocycles. The van der Waals surface area contributed by atoms with Crippen molar-refractivity contribution in [3.8, 4) is 0 Å². The van der Waals surface area contributed by atoms with Crippen LogP contribution in [0.1, 0.15) is 33.1 Å². The molecule has 0 spiro atoms. The molecule has 0 aliphatic rings. The molecule has 0 aliphatic heterocycles. The van der Waals surface area contributed by atoms with E-state index in [0.29, 0.717) is 52.6 Å². The van der Waals surface area contributed by atoms with Gasteiger partial charge in [0.1, 0.15) is 0 Å². The quantitative estimate of drug-likeness (QED) is 0.0733. The standard InChI is InChI=1S/C29H60N4O6/c1-3-5-7-10-30(12-9-13-32(16-22-34)17-23-35)20-26-38-28-29-39-27-21-31(11-8-6-4-2)14-15-33(18-24-36)19-25-37/h5-8,34-37H,3-4,9-29H2,1-2H3. The zero-order chi connectivity index (χ0) is 28.8. The number of hydrogen-bond donors (Lipinski definition) is 4. The van der Waals surface area contributed by atoms with Gasteiger partial charge < -0.3 is 29.9 Å². The van der Waals surface area contributed by atoms with Crippen LogP contribution in [0.25, 0.3) is 0 Å². The molecular formula is C29H60N4O6. The largest absolute Gasteiger partial charge is 0.395 e. The monoisotopic (exact) mass is 560 g/mol. The van der Waals surface area contributed by atoms with E-state index in [-0.39, 0.29) is 26.4 Å². The van der Waals surface area contributed by atoms with Gasteiger partial charge in [-0.1, -0.05) is 38.2 Å². The Hall–Kier alpha value is -0.920. The van der Waals surface area contributed by atoms with E-state index in [1.807, 2.05) is 0 Å². The van der Waals surface area contributed by atoms with Crippen LogP contribution in [0.15, 0.2) is 24.3 Å². The normalized spacial score (nSPS) is 12.6. The Balaban J connectivity index is 4.29. The van der Waals surface area contributed by atoms with Crippen LogP contribution in [0.5, 0.6) is 0 Å². The molecule has 232 valence electrons. The predicted octanol–water partition coefficient (Wildman–Crippen LogP) is 0.519. The number of nitrogens with zero attached hydrogens (tertiary/aromatic N) is 4. The van der Waals surface area contributed by atoms with E-state index in [9.17, 15) is 20.4 Å². The van der Waals surface area contributed by atoms with Crippen LogP contribution >= 0.6 is 0 Å². The van der Waals surface area contributed by atoms with Crippen molar-refractivity contribution in [2.24, 2.45) is 0 Å². The molecule has 4 N–H and O–H groups in total. The van der Waals surface area contributed by atoms with Gasteiger partial charge in [-0.3, -0.25) is 19.6 Å². The molecule has 10 heteroatoms. The van der Waals surface area contributed by atoms with Gasteiger partial charge in [0.05, 0.1) is 52.9 Å². The maximum Gasteiger partial charge on any atom is 0.0701 e. The number of allylic oxidation sites excluding steroid dienone is 2. The minimum Gasteiger partial charge on any atom is -0.395 e. The van der Waals surface area contributed by atoms with Crippen LogP contribution in [0, 0.1) is 0 Å². The third-order valence-electron chi connectivity index (χ3n) is 6.35. The van der Waals surface area contributed by atoms with Crippen LogP contribution in [-0.2, 0) is 9.47 Å². The Morgan fingerprint density at radius 3 is 1.26 bits per heavy atom. The second kappa shape index (κ2) is 30.0. The molecule has 0 amide bonds. The number of ether oxygens (including phenoxy) is 2. The van der Waals surface area contributed by atoms with Crippen LogP contribution < -0.4 is 0 Å². The summed E-state index contributed by atoms with van der Waals surface area (Å²) in [6.45, 7) is 16.3. The Bertz CT molecular complexity index is 544. The number of rotatable bonds is 30. The second-order valence-electron chi connectivity index (χ2n) is 9.52. The van der Waals surface area contributed by atoms with Crippen molar-refractivity contribution in [1.29, 1.82) is 0 Å². The van der Waals surface area contributed by atoms with Crippen LogP contribution in [0.2, 0.25) is 0 Å². The molecule has 0 saturated heterocycles. The molecule has 0 aromatic carbocycles. The van der Waals surface area contributed by atoms with Crippen molar-refractivity contribution < 1.29 is 29.9 Å². The van der Waals surface area contributed by atoms with Gasteiger partial charge in [0.25, 0.3) is 0 Å². The summed E-state index contributed by atoms with van der Waals surface area (Å²) in [6, 6.07) is 0. The van der Waals surface area contributed by atoms with Gasteiger partial charge in [-0.05, 0) is 32.4 Å². The minimum atomic E-state index is 0.0971. The van der Waals surface area contributed by atoms with Crippen LogP contribution in [0.3, 0.4) is 0 Å². The first kappa shape index (κ1) is 38.1. The molecule has 0 bridgehead atoms. The number of hydrogen-bond acceptors (Lipinski definition) is 10. The average molecular weight is 561 g/mol. The van der Waals surface area contributed by atoms with Crippen molar-refractivity contribution in [2.75, 3.05) is 131 Å². The molecule has 0 aromatic rings. The highest BCUT2D eigenvalue weighted by atomic mass is 16.5. The Morgan fingerprint density at radius 2 is 0.821 bits per heavy atom. The minimum absolute atomic E-state index is 0.0971. The third kappa shape index (κ3) is 24.6. The molecule has 0 radical (unpaired) electrons. The summed E-state index contributed by atoms with van der Waals surface area (Å²) in [6.07, 6.45) is 11.8. The van der Waals surface area contributed by atoms with E-state index < -0.39 is 0 Å². The Labute approximate surface area is 238 Å². The molecule has 0 rings (SSSR count). The first-order chi connectivity index (χ1) is 19.1. The van der Waals surface area contributed by atoms with Gasteiger partial charge in [-0.15, -0.1) is 0 Å². The summed E-state index contributed by atoms with van der Waals surface area (Å²) >= 11 is 0. The van der Waals surface area contributed by atoms with Crippen LogP contribution in [0.4, 0.5) is 0 Å². The van der Waals surface area contributed by atoms with Gasteiger partial charge in [-0.25, -0.2) is 0 Å². The summed E-state index contributed by atoms with van der Waals surface area (Å²) in [5.41, 5.74) is 0. The van der Waals surface area contributed by atoms with E-state index in [1.165, 1.54) is 0 Å². The summed E-state index contributed by atoms with van der Waals surface area (Å²) < 4.78 is 11.7. The van der Waals surface area contributed by atoms with Crippen LogP contribution in [-0.4, -0.2) is 171 Å². The molecule has 0 saturated carbocycles. The molecule has 0 atom stereocenters. The summed E-state index contributed by atoms with van der Waals surface area (Å²) in [7, 11) is 0. The van der Waals surface area contributed by atoms with Crippen molar-refractivity contribution >= 4 is 0 Å². The van der Waals surface area contributed by atoms with E-state index >= 15 is 0 Å². The lowest BCUT2D eigenvalue weighted by Crippen LogP contribution is -2.39. The lowest BCUT2D eigenvalue weighted by Gasteiger charge is -2.26. The maximum absolute atomic E-state index is 9.23. The lowest BCUT2D eigenvalue weighted by molar-refractivity contribution is 0.0315.